The summed E-state index contributed by atoms with van der Waals surface area (Å²) in [5, 5.41) is 0. The monoisotopic (exact) mass is 268 g/mol. The van der Waals surface area contributed by atoms with E-state index in [1.807, 2.05) is 25.1 Å². The molecule has 2 nitrogen and oxygen atoms in total. The van der Waals surface area contributed by atoms with Gasteiger partial charge in [0.15, 0.2) is 0 Å². The lowest BCUT2D eigenvalue weighted by Crippen LogP contribution is -2.05. The number of esters is 1. The Hall–Kier alpha value is -2.09. The van der Waals surface area contributed by atoms with Gasteiger partial charge in [0.2, 0.25) is 0 Å². The summed E-state index contributed by atoms with van der Waals surface area (Å²) >= 11 is 0. The van der Waals surface area contributed by atoms with E-state index >= 15 is 0 Å². The molecule has 0 fully saturated rings. The molecule has 0 radical (unpaired) electrons. The lowest BCUT2D eigenvalue weighted by molar-refractivity contribution is 0.0526. The maximum Gasteiger partial charge on any atom is 0.338 e. The molecule has 0 atom stereocenters. The van der Waals surface area contributed by atoms with Crippen molar-refractivity contribution in [2.24, 2.45) is 0 Å². The molecule has 0 saturated heterocycles. The minimum absolute atomic E-state index is 0.239. The summed E-state index contributed by atoms with van der Waals surface area (Å²) in [7, 11) is 0. The van der Waals surface area contributed by atoms with Crippen LogP contribution in [0.15, 0.2) is 54.6 Å². The number of hydrogen-bond acceptors (Lipinski definition) is 2. The number of carbonyl (C=O) groups excluding carboxylic acids is 1. The fourth-order valence-corrected chi connectivity index (χ4v) is 2.21. The number of aryl methyl sites for hydroxylation is 2. The molecule has 104 valence electrons. The SMILES string of the molecule is CCOC(=O)c1cccc(CCCc2ccccc2)c1. The minimum Gasteiger partial charge on any atom is -0.462 e. The van der Waals surface area contributed by atoms with Gasteiger partial charge < -0.3 is 4.74 Å². The third-order valence-corrected chi connectivity index (χ3v) is 3.21. The van der Waals surface area contributed by atoms with Crippen LogP contribution in [0.3, 0.4) is 0 Å². The van der Waals surface area contributed by atoms with Gasteiger partial charge in [0, 0.05) is 0 Å². The van der Waals surface area contributed by atoms with E-state index in [0.717, 1.165) is 19.3 Å². The lowest BCUT2D eigenvalue weighted by Gasteiger charge is -2.05. The van der Waals surface area contributed by atoms with E-state index in [1.54, 1.807) is 6.07 Å². The van der Waals surface area contributed by atoms with Crippen molar-refractivity contribution in [3.63, 3.8) is 0 Å². The van der Waals surface area contributed by atoms with Gasteiger partial charge in [-0.3, -0.25) is 0 Å². The molecule has 0 unspecified atom stereocenters. The summed E-state index contributed by atoms with van der Waals surface area (Å²) < 4.78 is 5.02. The zero-order valence-corrected chi connectivity index (χ0v) is 11.8. The molecule has 0 spiro atoms. The van der Waals surface area contributed by atoms with Crippen LogP contribution in [-0.4, -0.2) is 12.6 Å². The number of hydrogen-bond donors (Lipinski definition) is 0. The van der Waals surface area contributed by atoms with E-state index in [4.69, 9.17) is 4.74 Å². The van der Waals surface area contributed by atoms with Gasteiger partial charge in [0.1, 0.15) is 0 Å². The summed E-state index contributed by atoms with van der Waals surface area (Å²) in [5.41, 5.74) is 3.18. The molecule has 2 aromatic rings. The third kappa shape index (κ3) is 4.23. The fraction of sp³-hybridized carbons (Fsp3) is 0.278. The van der Waals surface area contributed by atoms with Crippen molar-refractivity contribution in [3.8, 4) is 0 Å². The molecule has 20 heavy (non-hydrogen) atoms. The molecule has 0 saturated carbocycles. The molecule has 2 heteroatoms. The normalized spacial score (nSPS) is 10.2. The molecule has 0 amide bonds. The zero-order chi connectivity index (χ0) is 14.2. The van der Waals surface area contributed by atoms with Crippen molar-refractivity contribution >= 4 is 5.97 Å². The number of ether oxygens (including phenoxy) is 1. The van der Waals surface area contributed by atoms with E-state index in [1.165, 1.54) is 11.1 Å². The Morgan fingerprint density at radius 1 is 0.950 bits per heavy atom. The molecule has 0 aliphatic rings. The topological polar surface area (TPSA) is 26.3 Å². The molecule has 0 aliphatic carbocycles. The molecule has 2 aromatic carbocycles. The second kappa shape index (κ2) is 7.49. The highest BCUT2D eigenvalue weighted by Crippen LogP contribution is 2.11. The van der Waals surface area contributed by atoms with E-state index < -0.39 is 0 Å². The second-order valence-electron chi connectivity index (χ2n) is 4.76. The first-order valence-corrected chi connectivity index (χ1v) is 7.09. The van der Waals surface area contributed by atoms with Gasteiger partial charge in [-0.05, 0) is 49.4 Å². The quantitative estimate of drug-likeness (QED) is 0.739. The third-order valence-electron chi connectivity index (χ3n) is 3.21. The van der Waals surface area contributed by atoms with Gasteiger partial charge in [-0.25, -0.2) is 4.79 Å². The Balaban J connectivity index is 1.90. The van der Waals surface area contributed by atoms with Gasteiger partial charge in [-0.15, -0.1) is 0 Å². The lowest BCUT2D eigenvalue weighted by atomic mass is 10.0. The molecular weight excluding hydrogens is 248 g/mol. The predicted molar refractivity (Wildman–Crippen MR) is 80.9 cm³/mol. The van der Waals surface area contributed by atoms with Crippen molar-refractivity contribution in [1.82, 2.24) is 0 Å². The highest BCUT2D eigenvalue weighted by atomic mass is 16.5. The minimum atomic E-state index is -0.239. The Labute approximate surface area is 120 Å². The molecule has 2 rings (SSSR count). The smallest absolute Gasteiger partial charge is 0.338 e. The van der Waals surface area contributed by atoms with Crippen LogP contribution in [0, 0.1) is 0 Å². The van der Waals surface area contributed by atoms with Gasteiger partial charge >= 0.3 is 5.97 Å². The van der Waals surface area contributed by atoms with Gasteiger partial charge in [0.05, 0.1) is 12.2 Å². The van der Waals surface area contributed by atoms with Gasteiger partial charge in [0.25, 0.3) is 0 Å². The Morgan fingerprint density at radius 2 is 1.65 bits per heavy atom. The number of carbonyl (C=O) groups is 1. The van der Waals surface area contributed by atoms with Crippen LogP contribution < -0.4 is 0 Å². The molecule has 0 heterocycles. The summed E-state index contributed by atoms with van der Waals surface area (Å²) in [4.78, 5) is 11.7. The highest BCUT2D eigenvalue weighted by Gasteiger charge is 2.06. The van der Waals surface area contributed by atoms with Crippen LogP contribution in [0.4, 0.5) is 0 Å². The van der Waals surface area contributed by atoms with Crippen LogP contribution in [0.2, 0.25) is 0 Å². The maximum absolute atomic E-state index is 11.7. The fourth-order valence-electron chi connectivity index (χ4n) is 2.21. The van der Waals surface area contributed by atoms with Crippen molar-refractivity contribution < 1.29 is 9.53 Å². The van der Waals surface area contributed by atoms with Crippen LogP contribution in [0.5, 0.6) is 0 Å². The van der Waals surface area contributed by atoms with Crippen LogP contribution in [0.25, 0.3) is 0 Å². The van der Waals surface area contributed by atoms with Crippen LogP contribution in [0.1, 0.15) is 34.8 Å². The maximum atomic E-state index is 11.7. The van der Waals surface area contributed by atoms with E-state index in [2.05, 4.69) is 30.3 Å². The average Bonchev–Trinajstić information content (AvgIpc) is 2.49. The Morgan fingerprint density at radius 3 is 2.40 bits per heavy atom. The van der Waals surface area contributed by atoms with Gasteiger partial charge in [-0.2, -0.15) is 0 Å². The van der Waals surface area contributed by atoms with Crippen molar-refractivity contribution in [2.75, 3.05) is 6.61 Å². The first kappa shape index (κ1) is 14.3. The van der Waals surface area contributed by atoms with Gasteiger partial charge in [-0.1, -0.05) is 42.5 Å². The van der Waals surface area contributed by atoms with E-state index in [0.29, 0.717) is 12.2 Å². The molecule has 0 bridgehead atoms. The summed E-state index contributed by atoms with van der Waals surface area (Å²) in [6, 6.07) is 18.2. The summed E-state index contributed by atoms with van der Waals surface area (Å²) in [6.45, 7) is 2.23. The highest BCUT2D eigenvalue weighted by molar-refractivity contribution is 5.89. The number of benzene rings is 2. The van der Waals surface area contributed by atoms with Crippen molar-refractivity contribution in [2.45, 2.75) is 26.2 Å². The molecule has 0 N–H and O–H groups in total. The molecule has 0 aromatic heterocycles. The first-order valence-electron chi connectivity index (χ1n) is 7.09. The Kier molecular flexibility index (Phi) is 5.36. The zero-order valence-electron chi connectivity index (χ0n) is 11.8. The predicted octanol–water partition coefficient (Wildman–Crippen LogP) is 4.04. The largest absolute Gasteiger partial charge is 0.462 e. The second-order valence-corrected chi connectivity index (χ2v) is 4.76. The van der Waals surface area contributed by atoms with Crippen molar-refractivity contribution in [3.05, 3.63) is 71.3 Å². The van der Waals surface area contributed by atoms with Crippen LogP contribution >= 0.6 is 0 Å². The standard InChI is InChI=1S/C18H20O2/c1-2-20-18(19)17-13-7-12-16(14-17)11-6-10-15-8-4-3-5-9-15/h3-5,7-9,12-14H,2,6,10-11H2,1H3. The average molecular weight is 268 g/mol. The van der Waals surface area contributed by atoms with E-state index in [9.17, 15) is 4.79 Å². The van der Waals surface area contributed by atoms with Crippen LogP contribution in [-0.2, 0) is 17.6 Å². The molecule has 0 aliphatic heterocycles. The molecular formula is C18H20O2. The summed E-state index contributed by atoms with van der Waals surface area (Å²) in [5.74, 6) is -0.239. The van der Waals surface area contributed by atoms with E-state index in [-0.39, 0.29) is 5.97 Å². The number of rotatable bonds is 6. The summed E-state index contributed by atoms with van der Waals surface area (Å²) in [6.07, 6.45) is 3.11. The van der Waals surface area contributed by atoms with Crippen molar-refractivity contribution in [1.29, 1.82) is 0 Å². The first-order chi connectivity index (χ1) is 9.79. The Bertz CT molecular complexity index is 546.